The van der Waals surface area contributed by atoms with Crippen LogP contribution >= 0.6 is 0 Å². The van der Waals surface area contributed by atoms with E-state index in [-0.39, 0.29) is 17.3 Å². The van der Waals surface area contributed by atoms with Crippen molar-refractivity contribution in [3.63, 3.8) is 0 Å². The van der Waals surface area contributed by atoms with Crippen LogP contribution in [-0.2, 0) is 24.4 Å². The van der Waals surface area contributed by atoms with Crippen LogP contribution in [0.2, 0.25) is 0 Å². The van der Waals surface area contributed by atoms with Gasteiger partial charge in [-0.15, -0.1) is 0 Å². The third-order valence-corrected chi connectivity index (χ3v) is 6.84. The van der Waals surface area contributed by atoms with Crippen molar-refractivity contribution in [3.05, 3.63) is 53.9 Å². The molecule has 5 nitrogen and oxygen atoms in total. The molecule has 0 radical (unpaired) electrons. The average Bonchev–Trinajstić information content (AvgIpc) is 3.28. The number of aryl methyl sites for hydroxylation is 1. The van der Waals surface area contributed by atoms with Crippen molar-refractivity contribution in [2.45, 2.75) is 77.2 Å². The molecule has 4 rings (SSSR count). The van der Waals surface area contributed by atoms with Gasteiger partial charge in [-0.3, -0.25) is 9.69 Å². The Morgan fingerprint density at radius 3 is 2.76 bits per heavy atom. The molecule has 0 bridgehead atoms. The fourth-order valence-electron chi connectivity index (χ4n) is 5.12. The standard InChI is InChI=1S/C23H31FN4O/c1-3-26-15-13-25-21(26)17-27-14-12-23(2)20(27)6-4-5-7-22(29)28(23)16-18-8-10-19(24)11-9-18/h8-11,13,15,20H,3-7,12,14,16-17H2,1-2H3/t20-,23-/m1/s1. The van der Waals surface area contributed by atoms with Gasteiger partial charge in [0.15, 0.2) is 0 Å². The first kappa shape index (κ1) is 20.1. The maximum atomic E-state index is 13.3. The number of carbonyl (C=O) groups is 1. The summed E-state index contributed by atoms with van der Waals surface area (Å²) in [6, 6.07) is 6.87. The fraction of sp³-hybridized carbons (Fsp3) is 0.565. The Kier molecular flexibility index (Phi) is 5.72. The van der Waals surface area contributed by atoms with Gasteiger partial charge < -0.3 is 9.47 Å². The number of likely N-dealkylation sites (tertiary alicyclic amines) is 2. The van der Waals surface area contributed by atoms with E-state index in [1.54, 1.807) is 12.1 Å². The maximum Gasteiger partial charge on any atom is 0.223 e. The quantitative estimate of drug-likeness (QED) is 0.765. The Bertz CT molecular complexity index is 849. The molecule has 156 valence electrons. The molecule has 2 fully saturated rings. The summed E-state index contributed by atoms with van der Waals surface area (Å²) < 4.78 is 15.5. The van der Waals surface area contributed by atoms with Crippen LogP contribution < -0.4 is 0 Å². The third kappa shape index (κ3) is 3.95. The third-order valence-electron chi connectivity index (χ3n) is 6.84. The number of halogens is 1. The topological polar surface area (TPSA) is 41.4 Å². The second-order valence-corrected chi connectivity index (χ2v) is 8.58. The van der Waals surface area contributed by atoms with Crippen LogP contribution in [0.4, 0.5) is 4.39 Å². The number of carbonyl (C=O) groups excluding carboxylic acids is 1. The molecule has 1 amide bonds. The molecular formula is C23H31FN4O. The molecule has 3 heterocycles. The molecule has 0 unspecified atom stereocenters. The summed E-state index contributed by atoms with van der Waals surface area (Å²) >= 11 is 0. The number of hydrogen-bond donors (Lipinski definition) is 0. The maximum absolute atomic E-state index is 13.3. The molecule has 0 aliphatic carbocycles. The van der Waals surface area contributed by atoms with Crippen LogP contribution in [0.5, 0.6) is 0 Å². The summed E-state index contributed by atoms with van der Waals surface area (Å²) in [5.41, 5.74) is 0.774. The normalized spacial score (nSPS) is 25.7. The fourth-order valence-corrected chi connectivity index (χ4v) is 5.12. The molecule has 29 heavy (non-hydrogen) atoms. The van der Waals surface area contributed by atoms with Crippen molar-refractivity contribution in [2.24, 2.45) is 0 Å². The van der Waals surface area contributed by atoms with Crippen LogP contribution in [-0.4, -0.2) is 43.4 Å². The van der Waals surface area contributed by atoms with Crippen LogP contribution in [0, 0.1) is 5.82 Å². The van der Waals surface area contributed by atoms with Crippen LogP contribution in [0.25, 0.3) is 0 Å². The Morgan fingerprint density at radius 2 is 2.00 bits per heavy atom. The highest BCUT2D eigenvalue weighted by atomic mass is 19.1. The van der Waals surface area contributed by atoms with Gasteiger partial charge >= 0.3 is 0 Å². The molecule has 1 aromatic heterocycles. The Labute approximate surface area is 172 Å². The Hall–Kier alpha value is -2.21. The molecule has 2 aliphatic rings. The Balaban J connectivity index is 1.60. The zero-order chi connectivity index (χ0) is 20.4. The summed E-state index contributed by atoms with van der Waals surface area (Å²) in [5, 5.41) is 0. The van der Waals surface area contributed by atoms with E-state index in [4.69, 9.17) is 0 Å². The van der Waals surface area contributed by atoms with Gasteiger partial charge in [0.05, 0.1) is 12.1 Å². The molecule has 2 saturated heterocycles. The number of nitrogens with zero attached hydrogens (tertiary/aromatic N) is 4. The minimum absolute atomic E-state index is 0.213. The molecule has 2 aromatic rings. The van der Waals surface area contributed by atoms with Crippen LogP contribution in [0.15, 0.2) is 36.7 Å². The molecule has 0 N–H and O–H groups in total. The highest BCUT2D eigenvalue weighted by Gasteiger charge is 2.49. The zero-order valence-electron chi connectivity index (χ0n) is 17.5. The van der Waals surface area contributed by atoms with Crippen molar-refractivity contribution >= 4 is 5.91 Å². The lowest BCUT2D eigenvalue weighted by atomic mass is 9.84. The molecule has 0 spiro atoms. The highest BCUT2D eigenvalue weighted by Crippen LogP contribution is 2.40. The van der Waals surface area contributed by atoms with Crippen molar-refractivity contribution in [3.8, 4) is 0 Å². The van der Waals surface area contributed by atoms with E-state index in [1.807, 2.05) is 12.4 Å². The largest absolute Gasteiger partial charge is 0.334 e. The number of amides is 1. The van der Waals surface area contributed by atoms with Gasteiger partial charge in [0.2, 0.25) is 5.91 Å². The number of benzene rings is 1. The van der Waals surface area contributed by atoms with Crippen molar-refractivity contribution in [2.75, 3.05) is 6.54 Å². The smallest absolute Gasteiger partial charge is 0.223 e. The van der Waals surface area contributed by atoms with Crippen molar-refractivity contribution in [1.82, 2.24) is 19.4 Å². The minimum atomic E-state index is -0.240. The number of aromatic nitrogens is 2. The van der Waals surface area contributed by atoms with Gasteiger partial charge in [0.1, 0.15) is 11.6 Å². The molecule has 1 aromatic carbocycles. The number of hydrogen-bond acceptors (Lipinski definition) is 3. The Morgan fingerprint density at radius 1 is 1.21 bits per heavy atom. The molecular weight excluding hydrogens is 367 g/mol. The van der Waals surface area contributed by atoms with Gasteiger partial charge in [0, 0.05) is 44.5 Å². The lowest BCUT2D eigenvalue weighted by Crippen LogP contribution is -2.57. The average molecular weight is 399 g/mol. The summed E-state index contributed by atoms with van der Waals surface area (Å²) in [6.07, 6.45) is 8.57. The van der Waals surface area contributed by atoms with Gasteiger partial charge in [0.25, 0.3) is 0 Å². The van der Waals surface area contributed by atoms with Crippen molar-refractivity contribution < 1.29 is 9.18 Å². The number of fused-ring (bicyclic) bond motifs is 1. The van der Waals surface area contributed by atoms with Crippen LogP contribution in [0.1, 0.15) is 57.3 Å². The molecule has 6 heteroatoms. The van der Waals surface area contributed by atoms with Gasteiger partial charge in [-0.1, -0.05) is 18.6 Å². The summed E-state index contributed by atoms with van der Waals surface area (Å²) in [4.78, 5) is 22.3. The van der Waals surface area contributed by atoms with Crippen molar-refractivity contribution in [1.29, 1.82) is 0 Å². The van der Waals surface area contributed by atoms with Crippen LogP contribution in [0.3, 0.4) is 0 Å². The monoisotopic (exact) mass is 398 g/mol. The minimum Gasteiger partial charge on any atom is -0.334 e. The predicted molar refractivity (Wildman–Crippen MR) is 111 cm³/mol. The summed E-state index contributed by atoms with van der Waals surface area (Å²) in [6.45, 7) is 7.63. The van der Waals surface area contributed by atoms with E-state index in [0.717, 1.165) is 56.7 Å². The second kappa shape index (κ2) is 8.27. The number of rotatable bonds is 5. The molecule has 2 aliphatic heterocycles. The summed E-state index contributed by atoms with van der Waals surface area (Å²) in [7, 11) is 0. The van der Waals surface area contributed by atoms with Gasteiger partial charge in [-0.05, 0) is 50.8 Å². The first-order chi connectivity index (χ1) is 14.0. The molecule has 2 atom stereocenters. The highest BCUT2D eigenvalue weighted by molar-refractivity contribution is 5.77. The SMILES string of the molecule is CCn1ccnc1CN1CC[C@]2(C)[C@H]1CCCCC(=O)N2Cc1ccc(F)cc1. The van der Waals surface area contributed by atoms with E-state index < -0.39 is 0 Å². The first-order valence-electron chi connectivity index (χ1n) is 10.8. The van der Waals surface area contributed by atoms with E-state index in [0.29, 0.717) is 19.0 Å². The predicted octanol–water partition coefficient (Wildman–Crippen LogP) is 3.98. The van der Waals surface area contributed by atoms with E-state index >= 15 is 0 Å². The first-order valence-corrected chi connectivity index (χ1v) is 10.8. The zero-order valence-corrected chi connectivity index (χ0v) is 17.5. The van der Waals surface area contributed by atoms with Gasteiger partial charge in [-0.2, -0.15) is 0 Å². The number of imidazole rings is 1. The van der Waals surface area contributed by atoms with Gasteiger partial charge in [-0.25, -0.2) is 9.37 Å². The molecule has 0 saturated carbocycles. The second-order valence-electron chi connectivity index (χ2n) is 8.58. The lowest BCUT2D eigenvalue weighted by Gasteiger charge is -2.46. The summed E-state index contributed by atoms with van der Waals surface area (Å²) in [5.74, 6) is 1.07. The van der Waals surface area contributed by atoms with E-state index in [9.17, 15) is 9.18 Å². The lowest BCUT2D eigenvalue weighted by molar-refractivity contribution is -0.140. The van der Waals surface area contributed by atoms with E-state index in [1.165, 1.54) is 12.1 Å². The van der Waals surface area contributed by atoms with E-state index in [2.05, 4.69) is 33.2 Å².